The van der Waals surface area contributed by atoms with Gasteiger partial charge in [-0.2, -0.15) is 27.8 Å². The Morgan fingerprint density at radius 2 is 0.667 bits per heavy atom. The molecule has 0 aliphatic heterocycles. The first kappa shape index (κ1) is 21.0. The zero-order valence-electron chi connectivity index (χ0n) is 15.7. The largest absolute Gasteiger partial charge is 2.00 e. The van der Waals surface area contributed by atoms with Gasteiger partial charge in [0.2, 0.25) is 0 Å². The van der Waals surface area contributed by atoms with E-state index in [1.54, 1.807) is 0 Å². The Morgan fingerprint density at radius 3 is 0.762 bits per heavy atom. The molecule has 2 rings (SSSR count). The van der Waals surface area contributed by atoms with Crippen LogP contribution in [0.3, 0.4) is 0 Å². The second kappa shape index (κ2) is 8.00. The number of hydrogen-bond acceptors (Lipinski definition) is 0. The second-order valence-electron chi connectivity index (χ2n) is 6.25. The van der Waals surface area contributed by atoms with Crippen molar-refractivity contribution in [3.8, 4) is 0 Å². The van der Waals surface area contributed by atoms with Crippen LogP contribution in [0.2, 0.25) is 0 Å². The van der Waals surface area contributed by atoms with E-state index < -0.39 is 0 Å². The number of hydrogen-bond donors (Lipinski definition) is 0. The van der Waals surface area contributed by atoms with Crippen molar-refractivity contribution in [1.29, 1.82) is 0 Å². The quantitative estimate of drug-likeness (QED) is 0.408. The minimum Gasteiger partial charge on any atom is -0.196 e. The Kier molecular flexibility index (Phi) is 7.99. The van der Waals surface area contributed by atoms with E-state index in [1.165, 1.54) is 57.4 Å². The molecule has 1 aromatic carbocycles. The van der Waals surface area contributed by atoms with Gasteiger partial charge in [-0.3, -0.25) is 0 Å². The molecule has 0 bridgehead atoms. The average molecular weight is 336 g/mol. The summed E-state index contributed by atoms with van der Waals surface area (Å²) >= 11 is 0. The molecule has 0 N–H and O–H groups in total. The summed E-state index contributed by atoms with van der Waals surface area (Å²) in [5, 5.41) is 0. The van der Waals surface area contributed by atoms with Gasteiger partial charge in [0.25, 0.3) is 0 Å². The Hall–Kier alpha value is -0.0266. The maximum absolute atomic E-state index is 2.20. The van der Waals surface area contributed by atoms with Crippen molar-refractivity contribution in [1.82, 2.24) is 0 Å². The molecule has 0 aromatic heterocycles. The summed E-state index contributed by atoms with van der Waals surface area (Å²) in [4.78, 5) is 0. The molecule has 1 fully saturated rings. The fraction of sp³-hybridized carbons (Fsp3) is 0.500. The summed E-state index contributed by atoms with van der Waals surface area (Å²) in [6.45, 7) is 22.0. The SMILES string of the molecule is C[C]1[C](C)[C](C)[C](C)[C]1C.Cc1c(C)c(C)[c-](C)c1C.[Zn+2]. The van der Waals surface area contributed by atoms with Gasteiger partial charge >= 0.3 is 19.5 Å². The van der Waals surface area contributed by atoms with Gasteiger partial charge in [0.1, 0.15) is 0 Å². The van der Waals surface area contributed by atoms with Gasteiger partial charge in [-0.25, -0.2) is 0 Å². The van der Waals surface area contributed by atoms with E-state index in [2.05, 4.69) is 69.2 Å². The van der Waals surface area contributed by atoms with E-state index in [9.17, 15) is 0 Å². The maximum atomic E-state index is 2.20. The Labute approximate surface area is 146 Å². The molecular weight excluding hydrogens is 306 g/mol. The topological polar surface area (TPSA) is 0 Å². The molecule has 0 heterocycles. The molecule has 1 aliphatic rings. The van der Waals surface area contributed by atoms with Crippen LogP contribution < -0.4 is 0 Å². The van der Waals surface area contributed by atoms with Crippen LogP contribution in [0.5, 0.6) is 0 Å². The maximum Gasteiger partial charge on any atom is 2.00 e. The minimum absolute atomic E-state index is 0. The van der Waals surface area contributed by atoms with Crippen LogP contribution in [0.25, 0.3) is 0 Å². The predicted octanol–water partition coefficient (Wildman–Crippen LogP) is 5.92. The molecule has 0 amide bonds. The standard InChI is InChI=1S/2C10H15.Zn/c2*1-6-7(2)9(4)10(5)8(6)3;/h2*1-5H3;/q;-1;+2. The predicted molar refractivity (Wildman–Crippen MR) is 90.3 cm³/mol. The molecule has 0 atom stereocenters. The summed E-state index contributed by atoms with van der Waals surface area (Å²) in [7, 11) is 0. The molecule has 1 saturated carbocycles. The van der Waals surface area contributed by atoms with E-state index in [0.29, 0.717) is 0 Å². The Bertz CT molecular complexity index is 330. The molecule has 5 radical (unpaired) electrons. The van der Waals surface area contributed by atoms with Crippen LogP contribution in [0, 0.1) is 64.2 Å². The minimum atomic E-state index is 0. The van der Waals surface area contributed by atoms with Crippen LogP contribution in [0.1, 0.15) is 62.4 Å². The van der Waals surface area contributed by atoms with Crippen molar-refractivity contribution in [2.75, 3.05) is 0 Å². The van der Waals surface area contributed by atoms with Crippen LogP contribution in [0.15, 0.2) is 0 Å². The third-order valence-electron chi connectivity index (χ3n) is 5.62. The molecule has 1 aliphatic carbocycles. The van der Waals surface area contributed by atoms with Crippen LogP contribution in [-0.2, 0) is 19.5 Å². The molecule has 1 aromatic rings. The van der Waals surface area contributed by atoms with Gasteiger partial charge in [0, 0.05) is 0 Å². The fourth-order valence-electron chi connectivity index (χ4n) is 2.81. The summed E-state index contributed by atoms with van der Waals surface area (Å²) in [5.41, 5.74) is 7.34. The molecule has 0 saturated heterocycles. The zero-order chi connectivity index (χ0) is 15.8. The molecule has 21 heavy (non-hydrogen) atoms. The van der Waals surface area contributed by atoms with Crippen molar-refractivity contribution >= 4 is 0 Å². The summed E-state index contributed by atoms with van der Waals surface area (Å²) < 4.78 is 0. The Balaban J connectivity index is 0.000000364. The first-order valence-corrected chi connectivity index (χ1v) is 7.50. The van der Waals surface area contributed by atoms with Crippen molar-refractivity contribution in [3.63, 3.8) is 0 Å². The second-order valence-corrected chi connectivity index (χ2v) is 6.25. The first-order valence-electron chi connectivity index (χ1n) is 7.50. The number of rotatable bonds is 0. The van der Waals surface area contributed by atoms with Gasteiger partial charge in [-0.15, -0.1) is 0 Å². The van der Waals surface area contributed by atoms with E-state index in [1.807, 2.05) is 0 Å². The third kappa shape index (κ3) is 4.04. The van der Waals surface area contributed by atoms with Crippen LogP contribution >= 0.6 is 0 Å². The molecule has 111 valence electrons. The van der Waals surface area contributed by atoms with Crippen LogP contribution in [0.4, 0.5) is 0 Å². The van der Waals surface area contributed by atoms with Gasteiger partial charge in [0.15, 0.2) is 0 Å². The smallest absolute Gasteiger partial charge is 0.196 e. The van der Waals surface area contributed by atoms with Crippen molar-refractivity contribution in [2.45, 2.75) is 69.2 Å². The summed E-state index contributed by atoms with van der Waals surface area (Å²) in [6.07, 6.45) is 0. The molecule has 0 unspecified atom stereocenters. The molecule has 1 heteroatoms. The van der Waals surface area contributed by atoms with Gasteiger partial charge < -0.3 is 0 Å². The van der Waals surface area contributed by atoms with Crippen molar-refractivity contribution < 1.29 is 19.5 Å². The molecule has 0 spiro atoms. The monoisotopic (exact) mass is 334 g/mol. The average Bonchev–Trinajstić information content (AvgIpc) is 2.71. The molecular formula is C20H30Zn+. The van der Waals surface area contributed by atoms with Crippen molar-refractivity contribution in [3.05, 3.63) is 57.4 Å². The van der Waals surface area contributed by atoms with E-state index >= 15 is 0 Å². The van der Waals surface area contributed by atoms with E-state index in [4.69, 9.17) is 0 Å². The zero-order valence-corrected chi connectivity index (χ0v) is 18.7. The fourth-order valence-corrected chi connectivity index (χ4v) is 2.81. The van der Waals surface area contributed by atoms with Crippen molar-refractivity contribution in [2.24, 2.45) is 0 Å². The van der Waals surface area contributed by atoms with Gasteiger partial charge in [-0.05, 0) is 29.6 Å². The third-order valence-corrected chi connectivity index (χ3v) is 5.62. The van der Waals surface area contributed by atoms with E-state index in [-0.39, 0.29) is 19.5 Å². The molecule has 0 nitrogen and oxygen atoms in total. The first-order chi connectivity index (χ1) is 9.11. The summed E-state index contributed by atoms with van der Waals surface area (Å²) in [5.74, 6) is 7.34. The van der Waals surface area contributed by atoms with E-state index in [0.717, 1.165) is 0 Å². The Morgan fingerprint density at radius 1 is 0.476 bits per heavy atom. The normalized spacial score (nSPS) is 18.6. The van der Waals surface area contributed by atoms with Crippen LogP contribution in [-0.4, -0.2) is 0 Å². The van der Waals surface area contributed by atoms with Gasteiger partial charge in [-0.1, -0.05) is 69.2 Å². The van der Waals surface area contributed by atoms with Gasteiger partial charge in [0.05, 0.1) is 0 Å². The summed E-state index contributed by atoms with van der Waals surface area (Å²) in [6, 6.07) is 0.